The molecule has 0 spiro atoms. The maximum Gasteiger partial charge on any atom is 0.321 e. The second kappa shape index (κ2) is 9.72. The van der Waals surface area contributed by atoms with Crippen molar-refractivity contribution in [3.63, 3.8) is 0 Å². The molecular formula is C21H30FN3O2. The Morgan fingerprint density at radius 2 is 1.78 bits per heavy atom. The standard InChI is InChI=1S/C21H30FN3O2/c22-18-8-5-9-19(15-18)23-21(27)25-14-6-7-17(16-25)10-11-20(26)24-12-3-1-2-4-13-24/h5,8-9,15,17H,1-4,6-7,10-14,16H2,(H,23,27). The number of hydrogen-bond donors (Lipinski definition) is 1. The SMILES string of the molecule is O=C(CCC1CCCN(C(=O)Nc2cccc(F)c2)C1)N1CCCCCC1. The van der Waals surface area contributed by atoms with E-state index in [1.165, 1.54) is 25.0 Å². The van der Waals surface area contributed by atoms with Crippen LogP contribution in [0.3, 0.4) is 0 Å². The first kappa shape index (κ1) is 19.6. The average molecular weight is 375 g/mol. The molecule has 0 aromatic heterocycles. The molecule has 0 bridgehead atoms. The van der Waals surface area contributed by atoms with Gasteiger partial charge in [-0.1, -0.05) is 18.9 Å². The third-order valence-corrected chi connectivity index (χ3v) is 5.61. The average Bonchev–Trinajstić information content (AvgIpc) is 2.96. The number of hydrogen-bond acceptors (Lipinski definition) is 2. The van der Waals surface area contributed by atoms with Gasteiger partial charge in [-0.2, -0.15) is 0 Å². The zero-order valence-corrected chi connectivity index (χ0v) is 16.0. The van der Waals surface area contributed by atoms with E-state index >= 15 is 0 Å². The number of halogens is 1. The summed E-state index contributed by atoms with van der Waals surface area (Å²) in [6.45, 7) is 3.16. The Kier molecular flexibility index (Phi) is 7.07. The molecule has 1 unspecified atom stereocenters. The number of piperidine rings is 1. The van der Waals surface area contributed by atoms with E-state index in [9.17, 15) is 14.0 Å². The minimum atomic E-state index is -0.364. The first-order chi connectivity index (χ1) is 13.1. The summed E-state index contributed by atoms with van der Waals surface area (Å²) in [5, 5.41) is 2.77. The van der Waals surface area contributed by atoms with E-state index in [2.05, 4.69) is 5.32 Å². The summed E-state index contributed by atoms with van der Waals surface area (Å²) >= 11 is 0. The van der Waals surface area contributed by atoms with Crippen LogP contribution >= 0.6 is 0 Å². The fourth-order valence-electron chi connectivity index (χ4n) is 4.06. The van der Waals surface area contributed by atoms with Gasteiger partial charge in [-0.3, -0.25) is 4.79 Å². The second-order valence-corrected chi connectivity index (χ2v) is 7.73. The van der Waals surface area contributed by atoms with E-state index in [4.69, 9.17) is 0 Å². The Labute approximate surface area is 160 Å². The fraction of sp³-hybridized carbons (Fsp3) is 0.619. The molecule has 148 valence electrons. The Hall–Kier alpha value is -2.11. The third kappa shape index (κ3) is 5.94. The van der Waals surface area contributed by atoms with Crippen molar-refractivity contribution in [3.8, 4) is 0 Å². The Morgan fingerprint density at radius 1 is 1.04 bits per heavy atom. The van der Waals surface area contributed by atoms with E-state index < -0.39 is 0 Å². The summed E-state index contributed by atoms with van der Waals surface area (Å²) in [4.78, 5) is 28.8. The zero-order chi connectivity index (χ0) is 19.1. The lowest BCUT2D eigenvalue weighted by Crippen LogP contribution is -2.42. The van der Waals surface area contributed by atoms with Gasteiger partial charge in [-0.05, 0) is 56.2 Å². The predicted octanol–water partition coefficient (Wildman–Crippen LogP) is 4.25. The fourth-order valence-corrected chi connectivity index (χ4v) is 4.06. The molecule has 2 heterocycles. The summed E-state index contributed by atoms with van der Waals surface area (Å²) in [7, 11) is 0. The van der Waals surface area contributed by atoms with Gasteiger partial charge in [0.2, 0.25) is 5.91 Å². The maximum absolute atomic E-state index is 13.3. The highest BCUT2D eigenvalue weighted by Crippen LogP contribution is 2.23. The largest absolute Gasteiger partial charge is 0.343 e. The first-order valence-electron chi connectivity index (χ1n) is 10.2. The van der Waals surface area contributed by atoms with Gasteiger partial charge in [0.15, 0.2) is 0 Å². The Bertz CT molecular complexity index is 644. The van der Waals surface area contributed by atoms with Crippen molar-refractivity contribution in [2.75, 3.05) is 31.5 Å². The second-order valence-electron chi connectivity index (χ2n) is 7.73. The number of likely N-dealkylation sites (tertiary alicyclic amines) is 2. The Balaban J connectivity index is 1.45. The van der Waals surface area contributed by atoms with Crippen LogP contribution in [0.2, 0.25) is 0 Å². The van der Waals surface area contributed by atoms with Crippen LogP contribution in [-0.4, -0.2) is 47.9 Å². The lowest BCUT2D eigenvalue weighted by Gasteiger charge is -2.33. The molecule has 2 fully saturated rings. The smallest absolute Gasteiger partial charge is 0.321 e. The predicted molar refractivity (Wildman–Crippen MR) is 104 cm³/mol. The minimum absolute atomic E-state index is 0.191. The third-order valence-electron chi connectivity index (χ3n) is 5.61. The van der Waals surface area contributed by atoms with Gasteiger partial charge in [0.25, 0.3) is 0 Å². The lowest BCUT2D eigenvalue weighted by atomic mass is 9.93. The first-order valence-corrected chi connectivity index (χ1v) is 10.2. The quantitative estimate of drug-likeness (QED) is 0.855. The van der Waals surface area contributed by atoms with Crippen LogP contribution < -0.4 is 5.32 Å². The monoisotopic (exact) mass is 375 g/mol. The van der Waals surface area contributed by atoms with Crippen molar-refractivity contribution in [1.82, 2.24) is 9.80 Å². The molecule has 2 aliphatic heterocycles. The van der Waals surface area contributed by atoms with Gasteiger partial charge < -0.3 is 15.1 Å². The van der Waals surface area contributed by atoms with Crippen molar-refractivity contribution in [2.24, 2.45) is 5.92 Å². The molecule has 0 radical (unpaired) electrons. The number of urea groups is 1. The van der Waals surface area contributed by atoms with Gasteiger partial charge in [0, 0.05) is 38.3 Å². The van der Waals surface area contributed by atoms with E-state index in [-0.39, 0.29) is 17.8 Å². The maximum atomic E-state index is 13.3. The topological polar surface area (TPSA) is 52.7 Å². The highest BCUT2D eigenvalue weighted by atomic mass is 19.1. The number of carbonyl (C=O) groups is 2. The molecule has 1 N–H and O–H groups in total. The summed E-state index contributed by atoms with van der Waals surface area (Å²) in [5.74, 6) is 0.252. The molecular weight excluding hydrogens is 345 g/mol. The molecule has 27 heavy (non-hydrogen) atoms. The van der Waals surface area contributed by atoms with Crippen molar-refractivity contribution in [2.45, 2.75) is 51.4 Å². The van der Waals surface area contributed by atoms with E-state index in [0.717, 1.165) is 45.2 Å². The van der Waals surface area contributed by atoms with E-state index in [1.807, 2.05) is 4.90 Å². The van der Waals surface area contributed by atoms with Crippen LogP contribution in [0, 0.1) is 11.7 Å². The summed E-state index contributed by atoms with van der Waals surface area (Å²) < 4.78 is 13.3. The Morgan fingerprint density at radius 3 is 2.52 bits per heavy atom. The van der Waals surface area contributed by atoms with E-state index in [1.54, 1.807) is 17.0 Å². The molecule has 6 heteroatoms. The summed E-state index contributed by atoms with van der Waals surface area (Å²) in [6, 6.07) is 5.75. The van der Waals surface area contributed by atoms with Crippen LogP contribution in [0.4, 0.5) is 14.9 Å². The molecule has 0 aliphatic carbocycles. The normalized spacial score (nSPS) is 20.9. The lowest BCUT2D eigenvalue weighted by molar-refractivity contribution is -0.131. The number of anilines is 1. The van der Waals surface area contributed by atoms with Crippen molar-refractivity contribution in [1.29, 1.82) is 0 Å². The molecule has 1 aromatic carbocycles. The van der Waals surface area contributed by atoms with Crippen LogP contribution in [0.5, 0.6) is 0 Å². The van der Waals surface area contributed by atoms with Gasteiger partial charge in [0.05, 0.1) is 0 Å². The van der Waals surface area contributed by atoms with Crippen molar-refractivity contribution >= 4 is 17.6 Å². The molecule has 5 nitrogen and oxygen atoms in total. The van der Waals surface area contributed by atoms with Gasteiger partial charge in [0.1, 0.15) is 5.82 Å². The molecule has 2 saturated heterocycles. The number of amides is 3. The van der Waals surface area contributed by atoms with Gasteiger partial charge in [-0.15, -0.1) is 0 Å². The summed E-state index contributed by atoms with van der Waals surface area (Å²) in [5.41, 5.74) is 0.471. The summed E-state index contributed by atoms with van der Waals surface area (Å²) in [6.07, 6.45) is 8.08. The van der Waals surface area contributed by atoms with E-state index in [0.29, 0.717) is 31.1 Å². The number of carbonyl (C=O) groups excluding carboxylic acids is 2. The van der Waals surface area contributed by atoms with Crippen molar-refractivity contribution in [3.05, 3.63) is 30.1 Å². The van der Waals surface area contributed by atoms with Crippen LogP contribution in [-0.2, 0) is 4.79 Å². The molecule has 1 aromatic rings. The molecule has 3 amide bonds. The van der Waals surface area contributed by atoms with Gasteiger partial charge in [-0.25, -0.2) is 9.18 Å². The molecule has 0 saturated carbocycles. The number of benzene rings is 1. The van der Waals surface area contributed by atoms with Crippen LogP contribution in [0.1, 0.15) is 51.4 Å². The number of rotatable bonds is 4. The van der Waals surface area contributed by atoms with Crippen molar-refractivity contribution < 1.29 is 14.0 Å². The molecule has 1 atom stereocenters. The highest BCUT2D eigenvalue weighted by Gasteiger charge is 2.25. The molecule has 3 rings (SSSR count). The number of nitrogens with one attached hydrogen (secondary N) is 1. The number of nitrogens with zero attached hydrogens (tertiary/aromatic N) is 2. The highest BCUT2D eigenvalue weighted by molar-refractivity contribution is 5.89. The van der Waals surface area contributed by atoms with Crippen LogP contribution in [0.25, 0.3) is 0 Å². The minimum Gasteiger partial charge on any atom is -0.343 e. The van der Waals surface area contributed by atoms with Crippen LogP contribution in [0.15, 0.2) is 24.3 Å². The molecule has 2 aliphatic rings. The van der Waals surface area contributed by atoms with Gasteiger partial charge >= 0.3 is 6.03 Å². The zero-order valence-electron chi connectivity index (χ0n) is 16.0.